The average Bonchev–Trinajstić information content (AvgIpc) is 3.27. The molecule has 2 aliphatic heterocycles. The third-order valence-electron chi connectivity index (χ3n) is 6.24. The lowest BCUT2D eigenvalue weighted by Gasteiger charge is -2.35. The minimum absolute atomic E-state index is 0.0418. The minimum Gasteiger partial charge on any atom is -0.490 e. The number of cyclic esters (lactones) is 1. The summed E-state index contributed by atoms with van der Waals surface area (Å²) in [4.78, 5) is 41.1. The molecular weight excluding hydrogens is 478 g/mol. The maximum absolute atomic E-state index is 13.0. The first-order valence-electron chi connectivity index (χ1n) is 12.3. The van der Waals surface area contributed by atoms with E-state index in [1.807, 2.05) is 35.2 Å². The number of benzene rings is 2. The molecule has 0 aromatic heterocycles. The highest BCUT2D eigenvalue weighted by molar-refractivity contribution is 8.00. The van der Waals surface area contributed by atoms with Gasteiger partial charge < -0.3 is 24.6 Å². The quantitative estimate of drug-likeness (QED) is 0.541. The van der Waals surface area contributed by atoms with Gasteiger partial charge >= 0.3 is 6.09 Å². The van der Waals surface area contributed by atoms with Crippen LogP contribution < -0.4 is 10.1 Å². The van der Waals surface area contributed by atoms with E-state index < -0.39 is 0 Å². The molecular formula is C27H33N3O5S. The van der Waals surface area contributed by atoms with E-state index in [0.717, 1.165) is 5.75 Å². The Morgan fingerprint density at radius 2 is 1.78 bits per heavy atom. The largest absolute Gasteiger partial charge is 0.490 e. The zero-order chi connectivity index (χ0) is 25.5. The first-order chi connectivity index (χ1) is 17.4. The number of hydrogen-bond acceptors (Lipinski definition) is 6. The molecule has 0 aliphatic carbocycles. The van der Waals surface area contributed by atoms with Crippen LogP contribution in [0.5, 0.6) is 5.75 Å². The van der Waals surface area contributed by atoms with Crippen molar-refractivity contribution in [2.45, 2.75) is 44.1 Å². The first-order valence-corrected chi connectivity index (χ1v) is 13.4. The Morgan fingerprint density at radius 1 is 1.08 bits per heavy atom. The molecule has 2 aliphatic rings. The number of hydrogen-bond donors (Lipinski definition) is 1. The fourth-order valence-corrected chi connectivity index (χ4v) is 4.89. The molecule has 4 rings (SSSR count). The summed E-state index contributed by atoms with van der Waals surface area (Å²) in [6, 6.07) is 16.5. The van der Waals surface area contributed by atoms with E-state index in [0.29, 0.717) is 61.3 Å². The molecule has 2 heterocycles. The van der Waals surface area contributed by atoms with Crippen molar-refractivity contribution in [3.05, 3.63) is 60.2 Å². The van der Waals surface area contributed by atoms with Gasteiger partial charge in [-0.2, -0.15) is 0 Å². The zero-order valence-electron chi connectivity index (χ0n) is 20.7. The van der Waals surface area contributed by atoms with Gasteiger partial charge in [0.15, 0.2) is 6.10 Å². The predicted molar refractivity (Wildman–Crippen MR) is 141 cm³/mol. The molecule has 2 aromatic rings. The molecule has 1 N–H and O–H groups in total. The molecule has 0 bridgehead atoms. The van der Waals surface area contributed by atoms with E-state index in [1.54, 1.807) is 40.9 Å². The van der Waals surface area contributed by atoms with Crippen molar-refractivity contribution in [2.24, 2.45) is 0 Å². The molecule has 9 heteroatoms. The van der Waals surface area contributed by atoms with Crippen LogP contribution >= 0.6 is 11.8 Å². The maximum Gasteiger partial charge on any atom is 0.410 e. The van der Waals surface area contributed by atoms with Gasteiger partial charge in [-0.25, -0.2) is 4.79 Å². The number of rotatable bonds is 9. The van der Waals surface area contributed by atoms with Gasteiger partial charge in [-0.05, 0) is 54.5 Å². The Kier molecular flexibility index (Phi) is 8.74. The Balaban J connectivity index is 1.22. The number of nitrogens with zero attached hydrogens (tertiary/aromatic N) is 2. The average molecular weight is 512 g/mol. The van der Waals surface area contributed by atoms with E-state index in [9.17, 15) is 14.4 Å². The minimum atomic E-state index is -0.314. The SMILES string of the molecule is CC(C)SCC(=O)Nc1ccc(C(=O)N2CCC(N3CC(COc4ccccc4)OC3=O)CC2)cc1. The lowest BCUT2D eigenvalue weighted by molar-refractivity contribution is -0.113. The highest BCUT2D eigenvalue weighted by Gasteiger charge is 2.38. The molecule has 2 fully saturated rings. The molecule has 0 saturated carbocycles. The number of thioether (sulfide) groups is 1. The smallest absolute Gasteiger partial charge is 0.410 e. The summed E-state index contributed by atoms with van der Waals surface area (Å²) in [5.41, 5.74) is 1.26. The third-order valence-corrected chi connectivity index (χ3v) is 7.33. The number of amides is 3. The lowest BCUT2D eigenvalue weighted by atomic mass is 10.0. The van der Waals surface area contributed by atoms with E-state index in [4.69, 9.17) is 9.47 Å². The Hall–Kier alpha value is -3.20. The second-order valence-corrected chi connectivity index (χ2v) is 10.9. The second kappa shape index (κ2) is 12.2. The highest BCUT2D eigenvalue weighted by Crippen LogP contribution is 2.24. The number of likely N-dealkylation sites (tertiary alicyclic amines) is 1. The van der Waals surface area contributed by atoms with Crippen LogP contribution in [0.15, 0.2) is 54.6 Å². The molecule has 0 radical (unpaired) electrons. The van der Waals surface area contributed by atoms with Crippen LogP contribution in [-0.2, 0) is 9.53 Å². The number of anilines is 1. The number of ether oxygens (including phenoxy) is 2. The van der Waals surface area contributed by atoms with Gasteiger partial charge in [0, 0.05) is 30.4 Å². The fraction of sp³-hybridized carbons (Fsp3) is 0.444. The number of para-hydroxylation sites is 1. The highest BCUT2D eigenvalue weighted by atomic mass is 32.2. The van der Waals surface area contributed by atoms with Crippen molar-refractivity contribution in [3.63, 3.8) is 0 Å². The van der Waals surface area contributed by atoms with Gasteiger partial charge in [0.25, 0.3) is 5.91 Å². The van der Waals surface area contributed by atoms with Gasteiger partial charge in [0.05, 0.1) is 12.3 Å². The van der Waals surface area contributed by atoms with Gasteiger partial charge in [-0.1, -0.05) is 32.0 Å². The van der Waals surface area contributed by atoms with Gasteiger partial charge in [-0.3, -0.25) is 9.59 Å². The number of carbonyl (C=O) groups excluding carboxylic acids is 3. The normalized spacial score (nSPS) is 18.3. The Morgan fingerprint density at radius 3 is 2.44 bits per heavy atom. The van der Waals surface area contributed by atoms with E-state index in [-0.39, 0.29) is 30.1 Å². The molecule has 1 atom stereocenters. The van der Waals surface area contributed by atoms with Crippen molar-refractivity contribution in [1.29, 1.82) is 0 Å². The van der Waals surface area contributed by atoms with Crippen LogP contribution in [0.4, 0.5) is 10.5 Å². The summed E-state index contributed by atoms with van der Waals surface area (Å²) >= 11 is 1.58. The summed E-state index contributed by atoms with van der Waals surface area (Å²) in [7, 11) is 0. The van der Waals surface area contributed by atoms with Gasteiger partial charge in [0.1, 0.15) is 12.4 Å². The molecule has 0 spiro atoms. The monoisotopic (exact) mass is 511 g/mol. The van der Waals surface area contributed by atoms with Gasteiger partial charge in [0.2, 0.25) is 5.91 Å². The molecule has 8 nitrogen and oxygen atoms in total. The van der Waals surface area contributed by atoms with Crippen molar-refractivity contribution in [3.8, 4) is 5.75 Å². The van der Waals surface area contributed by atoms with E-state index >= 15 is 0 Å². The maximum atomic E-state index is 13.0. The molecule has 2 saturated heterocycles. The fourth-order valence-electron chi connectivity index (χ4n) is 4.33. The Labute approximate surface area is 216 Å². The van der Waals surface area contributed by atoms with Crippen LogP contribution in [0.2, 0.25) is 0 Å². The molecule has 2 aromatic carbocycles. The second-order valence-electron chi connectivity index (χ2n) is 9.29. The van der Waals surface area contributed by atoms with Crippen molar-refractivity contribution in [2.75, 3.05) is 37.3 Å². The predicted octanol–water partition coefficient (Wildman–Crippen LogP) is 4.27. The number of carbonyl (C=O) groups is 3. The van der Waals surface area contributed by atoms with Crippen LogP contribution in [0.1, 0.15) is 37.0 Å². The zero-order valence-corrected chi connectivity index (χ0v) is 21.5. The van der Waals surface area contributed by atoms with Gasteiger partial charge in [-0.15, -0.1) is 11.8 Å². The Bertz CT molecular complexity index is 1040. The summed E-state index contributed by atoms with van der Waals surface area (Å²) in [6.07, 6.45) is 0.787. The number of piperidine rings is 1. The molecule has 3 amide bonds. The van der Waals surface area contributed by atoms with Crippen LogP contribution in [0.3, 0.4) is 0 Å². The summed E-state index contributed by atoms with van der Waals surface area (Å²) in [6.45, 7) is 6.06. The van der Waals surface area contributed by atoms with Crippen LogP contribution in [0.25, 0.3) is 0 Å². The van der Waals surface area contributed by atoms with Crippen molar-refractivity contribution < 1.29 is 23.9 Å². The third kappa shape index (κ3) is 6.94. The number of nitrogens with one attached hydrogen (secondary N) is 1. The summed E-state index contributed by atoms with van der Waals surface area (Å²) in [5.74, 6) is 1.06. The summed E-state index contributed by atoms with van der Waals surface area (Å²) in [5, 5.41) is 3.26. The standard InChI is InChI=1S/C27H33N3O5S/c1-19(2)36-18-25(31)28-21-10-8-20(9-11-21)26(32)29-14-12-22(13-15-29)30-16-24(35-27(30)33)17-34-23-6-4-3-5-7-23/h3-11,19,22,24H,12-18H2,1-2H3,(H,28,31). The molecule has 192 valence electrons. The molecule has 1 unspecified atom stereocenters. The van der Waals surface area contributed by atoms with Crippen molar-refractivity contribution in [1.82, 2.24) is 9.80 Å². The topological polar surface area (TPSA) is 88.2 Å². The van der Waals surface area contributed by atoms with Crippen LogP contribution in [0, 0.1) is 0 Å². The van der Waals surface area contributed by atoms with Crippen molar-refractivity contribution >= 4 is 35.4 Å². The molecule has 36 heavy (non-hydrogen) atoms. The van der Waals surface area contributed by atoms with E-state index in [1.165, 1.54) is 0 Å². The summed E-state index contributed by atoms with van der Waals surface area (Å²) < 4.78 is 11.2. The van der Waals surface area contributed by atoms with E-state index in [2.05, 4.69) is 19.2 Å². The first kappa shape index (κ1) is 25.9. The van der Waals surface area contributed by atoms with Crippen LogP contribution in [-0.4, -0.2) is 77.1 Å². The lowest BCUT2D eigenvalue weighted by Crippen LogP contribution is -2.47.